The molecule has 2 aromatic rings. The Morgan fingerprint density at radius 1 is 1.11 bits per heavy atom. The Kier molecular flexibility index (Phi) is 6.15. The standard InChI is InChI=1S/C21H25FN2O3S/c1-23(2)28(26,27)18-8-9-20(22)19(15-18)21(25)24-12-10-17(11-13-24)14-16-6-4-3-5-7-16/h3-9,15,17H,10-14H2,1-2H3. The van der Waals surface area contributed by atoms with E-state index in [9.17, 15) is 17.6 Å². The number of nitrogens with zero attached hydrogens (tertiary/aromatic N) is 2. The summed E-state index contributed by atoms with van der Waals surface area (Å²) in [4.78, 5) is 14.3. The molecule has 1 amide bonds. The van der Waals surface area contributed by atoms with Gasteiger partial charge in [-0.1, -0.05) is 30.3 Å². The van der Waals surface area contributed by atoms with E-state index in [-0.39, 0.29) is 10.5 Å². The maximum Gasteiger partial charge on any atom is 0.256 e. The highest BCUT2D eigenvalue weighted by atomic mass is 32.2. The Labute approximate surface area is 165 Å². The third-order valence-electron chi connectivity index (χ3n) is 5.22. The monoisotopic (exact) mass is 404 g/mol. The first kappa shape index (κ1) is 20.5. The highest BCUT2D eigenvalue weighted by molar-refractivity contribution is 7.89. The molecule has 0 radical (unpaired) electrons. The number of carbonyl (C=O) groups excluding carboxylic acids is 1. The number of amides is 1. The number of benzene rings is 2. The van der Waals surface area contributed by atoms with Gasteiger partial charge in [0.25, 0.3) is 5.91 Å². The zero-order valence-electron chi connectivity index (χ0n) is 16.1. The van der Waals surface area contributed by atoms with Crippen LogP contribution in [-0.2, 0) is 16.4 Å². The smallest absolute Gasteiger partial charge is 0.256 e. The Balaban J connectivity index is 1.70. The van der Waals surface area contributed by atoms with Gasteiger partial charge >= 0.3 is 0 Å². The number of likely N-dealkylation sites (tertiary alicyclic amines) is 1. The van der Waals surface area contributed by atoms with Crippen molar-refractivity contribution in [3.8, 4) is 0 Å². The van der Waals surface area contributed by atoms with Gasteiger partial charge in [-0.3, -0.25) is 4.79 Å². The summed E-state index contributed by atoms with van der Waals surface area (Å²) in [6.07, 6.45) is 2.66. The van der Waals surface area contributed by atoms with E-state index in [4.69, 9.17) is 0 Å². The van der Waals surface area contributed by atoms with Crippen LogP contribution in [0.15, 0.2) is 53.4 Å². The van der Waals surface area contributed by atoms with E-state index in [0.717, 1.165) is 35.7 Å². The fraction of sp³-hybridized carbons (Fsp3) is 0.381. The molecule has 1 aliphatic rings. The molecule has 1 fully saturated rings. The van der Waals surface area contributed by atoms with Gasteiger partial charge in [-0.15, -0.1) is 0 Å². The molecule has 0 aliphatic carbocycles. The average Bonchev–Trinajstić information content (AvgIpc) is 2.69. The van der Waals surface area contributed by atoms with Crippen LogP contribution < -0.4 is 0 Å². The van der Waals surface area contributed by atoms with Gasteiger partial charge in [-0.05, 0) is 48.9 Å². The minimum Gasteiger partial charge on any atom is -0.339 e. The second-order valence-corrected chi connectivity index (χ2v) is 9.51. The highest BCUT2D eigenvalue weighted by Gasteiger charge is 2.27. The zero-order valence-corrected chi connectivity index (χ0v) is 17.0. The largest absolute Gasteiger partial charge is 0.339 e. The number of halogens is 1. The summed E-state index contributed by atoms with van der Waals surface area (Å²) in [5.74, 6) is -0.669. The van der Waals surface area contributed by atoms with Gasteiger partial charge in [0.2, 0.25) is 10.0 Å². The summed E-state index contributed by atoms with van der Waals surface area (Å²) < 4.78 is 39.9. The SMILES string of the molecule is CN(C)S(=O)(=O)c1ccc(F)c(C(=O)N2CCC(Cc3ccccc3)CC2)c1. The number of rotatable bonds is 5. The first-order valence-electron chi connectivity index (χ1n) is 9.34. The van der Waals surface area contributed by atoms with Crippen molar-refractivity contribution in [2.24, 2.45) is 5.92 Å². The fourth-order valence-corrected chi connectivity index (χ4v) is 4.43. The van der Waals surface area contributed by atoms with Crippen molar-refractivity contribution in [1.82, 2.24) is 9.21 Å². The number of sulfonamides is 1. The molecule has 150 valence electrons. The molecule has 1 aliphatic heterocycles. The van der Waals surface area contributed by atoms with Crippen LogP contribution in [0.25, 0.3) is 0 Å². The molecule has 0 spiro atoms. The number of hydrogen-bond donors (Lipinski definition) is 0. The van der Waals surface area contributed by atoms with Crippen LogP contribution >= 0.6 is 0 Å². The first-order chi connectivity index (χ1) is 13.3. The first-order valence-corrected chi connectivity index (χ1v) is 10.8. The molecule has 3 rings (SSSR count). The molecule has 5 nitrogen and oxygen atoms in total. The van der Waals surface area contributed by atoms with Crippen molar-refractivity contribution in [1.29, 1.82) is 0 Å². The van der Waals surface area contributed by atoms with Gasteiger partial charge in [0.1, 0.15) is 5.82 Å². The Morgan fingerprint density at radius 3 is 2.36 bits per heavy atom. The maximum atomic E-state index is 14.3. The van der Waals surface area contributed by atoms with Gasteiger partial charge in [0.05, 0.1) is 10.5 Å². The summed E-state index contributed by atoms with van der Waals surface area (Å²) in [5, 5.41) is 0. The second-order valence-electron chi connectivity index (χ2n) is 7.35. The number of carbonyl (C=O) groups is 1. The summed E-state index contributed by atoms with van der Waals surface area (Å²) in [6, 6.07) is 13.6. The fourth-order valence-electron chi connectivity index (χ4n) is 3.50. The molecule has 1 saturated heterocycles. The predicted octanol–water partition coefficient (Wildman–Crippen LogP) is 3.17. The number of hydrogen-bond acceptors (Lipinski definition) is 3. The van der Waals surface area contributed by atoms with Crippen LogP contribution in [0.4, 0.5) is 4.39 Å². The lowest BCUT2D eigenvalue weighted by Gasteiger charge is -2.32. The molecule has 1 heterocycles. The molecular weight excluding hydrogens is 379 g/mol. The van der Waals surface area contributed by atoms with Gasteiger partial charge < -0.3 is 4.90 Å². The molecule has 2 aromatic carbocycles. The average molecular weight is 405 g/mol. The van der Waals surface area contributed by atoms with E-state index >= 15 is 0 Å². The van der Waals surface area contributed by atoms with Crippen molar-refractivity contribution in [3.63, 3.8) is 0 Å². The van der Waals surface area contributed by atoms with E-state index in [2.05, 4.69) is 12.1 Å². The Bertz CT molecular complexity index is 937. The topological polar surface area (TPSA) is 57.7 Å². The molecule has 0 N–H and O–H groups in total. The van der Waals surface area contributed by atoms with E-state index in [1.165, 1.54) is 25.7 Å². The van der Waals surface area contributed by atoms with Crippen LogP contribution in [0.2, 0.25) is 0 Å². The summed E-state index contributed by atoms with van der Waals surface area (Å²) >= 11 is 0. The molecule has 0 bridgehead atoms. The highest BCUT2D eigenvalue weighted by Crippen LogP contribution is 2.25. The normalized spacial score (nSPS) is 15.8. The third kappa shape index (κ3) is 4.42. The van der Waals surface area contributed by atoms with E-state index in [1.807, 2.05) is 18.2 Å². The van der Waals surface area contributed by atoms with E-state index in [1.54, 1.807) is 4.90 Å². The van der Waals surface area contributed by atoms with Gasteiger partial charge in [0.15, 0.2) is 0 Å². The molecule has 28 heavy (non-hydrogen) atoms. The maximum absolute atomic E-state index is 14.3. The lowest BCUT2D eigenvalue weighted by molar-refractivity contribution is 0.0685. The van der Waals surface area contributed by atoms with Crippen LogP contribution in [0.5, 0.6) is 0 Å². The third-order valence-corrected chi connectivity index (χ3v) is 7.03. The lowest BCUT2D eigenvalue weighted by Crippen LogP contribution is -2.39. The zero-order chi connectivity index (χ0) is 20.3. The second kappa shape index (κ2) is 8.41. The lowest BCUT2D eigenvalue weighted by atomic mass is 9.90. The van der Waals surface area contributed by atoms with Crippen molar-refractivity contribution >= 4 is 15.9 Å². The van der Waals surface area contributed by atoms with Crippen LogP contribution in [0, 0.1) is 11.7 Å². The molecular formula is C21H25FN2O3S. The van der Waals surface area contributed by atoms with Crippen LogP contribution in [0.1, 0.15) is 28.8 Å². The predicted molar refractivity (Wildman–Crippen MR) is 106 cm³/mol. The van der Waals surface area contributed by atoms with Gasteiger partial charge in [-0.2, -0.15) is 0 Å². The summed E-state index contributed by atoms with van der Waals surface area (Å²) in [6.45, 7) is 1.08. The van der Waals surface area contributed by atoms with Crippen molar-refractivity contribution in [2.45, 2.75) is 24.2 Å². The van der Waals surface area contributed by atoms with Crippen LogP contribution in [-0.4, -0.2) is 50.7 Å². The number of piperidine rings is 1. The summed E-state index contributed by atoms with van der Waals surface area (Å²) in [5.41, 5.74) is 1.09. The minimum absolute atomic E-state index is 0.0822. The van der Waals surface area contributed by atoms with Crippen molar-refractivity contribution in [2.75, 3.05) is 27.2 Å². The van der Waals surface area contributed by atoms with Gasteiger partial charge in [-0.25, -0.2) is 17.1 Å². The van der Waals surface area contributed by atoms with Crippen molar-refractivity contribution in [3.05, 3.63) is 65.5 Å². The minimum atomic E-state index is -3.73. The quantitative estimate of drug-likeness (QED) is 0.769. The van der Waals surface area contributed by atoms with Crippen molar-refractivity contribution < 1.29 is 17.6 Å². The molecule has 7 heteroatoms. The molecule has 0 unspecified atom stereocenters. The Hall–Kier alpha value is -2.25. The Morgan fingerprint density at radius 2 is 1.75 bits per heavy atom. The molecule has 0 saturated carbocycles. The van der Waals surface area contributed by atoms with Gasteiger partial charge in [0, 0.05) is 27.2 Å². The van der Waals surface area contributed by atoms with Crippen LogP contribution in [0.3, 0.4) is 0 Å². The summed E-state index contributed by atoms with van der Waals surface area (Å²) in [7, 11) is -0.927. The van der Waals surface area contributed by atoms with E-state index in [0.29, 0.717) is 19.0 Å². The molecule has 0 atom stereocenters. The van der Waals surface area contributed by atoms with E-state index < -0.39 is 21.7 Å². The molecule has 0 aromatic heterocycles.